The molecule has 0 aromatic heterocycles. The normalized spacial score (nSPS) is 11.4. The van der Waals surface area contributed by atoms with Crippen LogP contribution in [0.25, 0.3) is 0 Å². The van der Waals surface area contributed by atoms with Gasteiger partial charge in [-0.05, 0) is 51.9 Å². The first-order valence-corrected chi connectivity index (χ1v) is 34.2. The summed E-state index contributed by atoms with van der Waals surface area (Å²) in [6.07, 6.45) is 76.3. The van der Waals surface area contributed by atoms with Crippen LogP contribution in [-0.4, -0.2) is 98.7 Å². The standard InChI is InChI=1S/2C34H69NO2.Ca/c2*1-3-5-7-9-11-13-15-17-19-21-23-25-27-29-31-35(33-34(36)37)32-30-28-26-24-22-20-18-16-14-12-10-8-6-4-2;/h2*3-33H2,1-2H3,(H,36,37);/q;;+2/p-2. The van der Waals surface area contributed by atoms with Gasteiger partial charge in [0.1, 0.15) is 0 Å². The van der Waals surface area contributed by atoms with Gasteiger partial charge in [-0.15, -0.1) is 0 Å². The van der Waals surface area contributed by atoms with Gasteiger partial charge in [0.2, 0.25) is 0 Å². The molecule has 0 rings (SSSR count). The molecule has 0 unspecified atom stereocenters. The Kier molecular flexibility index (Phi) is 76.3. The van der Waals surface area contributed by atoms with E-state index in [4.69, 9.17) is 0 Å². The van der Waals surface area contributed by atoms with Crippen LogP contribution in [0.5, 0.6) is 0 Å². The summed E-state index contributed by atoms with van der Waals surface area (Å²) in [5.41, 5.74) is 0. The van der Waals surface area contributed by atoms with Crippen LogP contribution in [-0.2, 0) is 9.59 Å². The average molecular weight is 1090 g/mol. The Morgan fingerprint density at radius 1 is 0.213 bits per heavy atom. The molecule has 0 aliphatic rings. The molecule has 0 bridgehead atoms. The summed E-state index contributed by atoms with van der Waals surface area (Å²) in [6.45, 7) is 13.0. The molecule has 0 heterocycles. The van der Waals surface area contributed by atoms with Crippen LogP contribution in [0.2, 0.25) is 0 Å². The maximum atomic E-state index is 11.2. The van der Waals surface area contributed by atoms with Crippen molar-refractivity contribution < 1.29 is 19.8 Å². The third-order valence-corrected chi connectivity index (χ3v) is 16.0. The predicted molar refractivity (Wildman–Crippen MR) is 330 cm³/mol. The Labute approximate surface area is 502 Å². The Morgan fingerprint density at radius 2 is 0.320 bits per heavy atom. The number of hydrogen-bond acceptors (Lipinski definition) is 6. The monoisotopic (exact) mass is 1090 g/mol. The second-order valence-corrected chi connectivity index (χ2v) is 23.7. The molecule has 0 aliphatic heterocycles. The second kappa shape index (κ2) is 72.1. The van der Waals surface area contributed by atoms with Crippen molar-refractivity contribution in [2.75, 3.05) is 39.3 Å². The van der Waals surface area contributed by atoms with Crippen molar-refractivity contribution in [3.8, 4) is 0 Å². The predicted octanol–water partition coefficient (Wildman–Crippen LogP) is 19.6. The van der Waals surface area contributed by atoms with Gasteiger partial charge in [0.05, 0.1) is 11.9 Å². The van der Waals surface area contributed by atoms with Crippen LogP contribution >= 0.6 is 0 Å². The quantitative estimate of drug-likeness (QED) is 0.0445. The SMILES string of the molecule is CCCCCCCCCCCCCCCCN(CCCCCCCCCCCCCCCC)CC(=O)[O-].CCCCCCCCCCCCCCCCN(CCCCCCCCCCCCCCCC)CC(=O)[O-].[Ca+2]. The number of carboxylic acid groups (broad SMARTS) is 2. The van der Waals surface area contributed by atoms with E-state index in [2.05, 4.69) is 37.5 Å². The summed E-state index contributed by atoms with van der Waals surface area (Å²) < 4.78 is 0. The van der Waals surface area contributed by atoms with Crippen molar-refractivity contribution >= 4 is 49.7 Å². The van der Waals surface area contributed by atoms with Gasteiger partial charge in [-0.3, -0.25) is 9.80 Å². The molecule has 0 radical (unpaired) electrons. The molecule has 0 amide bonds. The minimum atomic E-state index is -0.921. The topological polar surface area (TPSA) is 86.7 Å². The zero-order chi connectivity index (χ0) is 54.2. The van der Waals surface area contributed by atoms with E-state index in [-0.39, 0.29) is 50.8 Å². The summed E-state index contributed by atoms with van der Waals surface area (Å²) in [7, 11) is 0. The minimum absolute atomic E-state index is 0. The van der Waals surface area contributed by atoms with Crippen molar-refractivity contribution in [3.05, 3.63) is 0 Å². The zero-order valence-electron chi connectivity index (χ0n) is 52.1. The first-order chi connectivity index (χ1) is 36.4. The molecule has 0 aromatic rings. The zero-order valence-corrected chi connectivity index (χ0v) is 54.3. The fourth-order valence-corrected chi connectivity index (χ4v) is 11.0. The Bertz CT molecular complexity index is 903. The minimum Gasteiger partial charge on any atom is -0.549 e. The molecule has 0 aromatic carbocycles. The van der Waals surface area contributed by atoms with E-state index in [1.807, 2.05) is 0 Å². The Hall–Kier alpha value is 0.120. The molecule has 0 saturated heterocycles. The maximum absolute atomic E-state index is 11.2. The number of carbonyl (C=O) groups is 2. The fraction of sp³-hybridized carbons (Fsp3) is 0.971. The van der Waals surface area contributed by atoms with E-state index in [9.17, 15) is 19.8 Å². The van der Waals surface area contributed by atoms with Crippen molar-refractivity contribution in [1.29, 1.82) is 0 Å². The van der Waals surface area contributed by atoms with Crippen molar-refractivity contribution in [1.82, 2.24) is 9.80 Å². The third-order valence-electron chi connectivity index (χ3n) is 16.0. The number of carbonyl (C=O) groups excluding carboxylic acids is 2. The van der Waals surface area contributed by atoms with Crippen molar-refractivity contribution in [2.24, 2.45) is 0 Å². The Balaban J connectivity index is -0.00000136. The molecule has 6 nitrogen and oxygen atoms in total. The fourth-order valence-electron chi connectivity index (χ4n) is 11.0. The van der Waals surface area contributed by atoms with Gasteiger partial charge in [0.15, 0.2) is 0 Å². The molecule has 0 spiro atoms. The first kappa shape index (κ1) is 79.3. The molecule has 0 fully saturated rings. The molecule has 444 valence electrons. The molecule has 0 aliphatic carbocycles. The molecular weight excluding hydrogens is 949 g/mol. The maximum Gasteiger partial charge on any atom is 2.00 e. The van der Waals surface area contributed by atoms with Crippen LogP contribution < -0.4 is 10.2 Å². The number of carboxylic acids is 2. The smallest absolute Gasteiger partial charge is 0.549 e. The molecule has 0 N–H and O–H groups in total. The van der Waals surface area contributed by atoms with Crippen LogP contribution in [0, 0.1) is 0 Å². The number of unbranched alkanes of at least 4 members (excludes halogenated alkanes) is 52. The van der Waals surface area contributed by atoms with Gasteiger partial charge < -0.3 is 19.8 Å². The van der Waals surface area contributed by atoms with E-state index in [0.29, 0.717) is 0 Å². The molecule has 75 heavy (non-hydrogen) atoms. The largest absolute Gasteiger partial charge is 2.00 e. The Morgan fingerprint density at radius 3 is 0.427 bits per heavy atom. The van der Waals surface area contributed by atoms with Crippen LogP contribution in [0.1, 0.15) is 387 Å². The summed E-state index contributed by atoms with van der Waals surface area (Å²) in [6, 6.07) is 0. The number of hydrogen-bond donors (Lipinski definition) is 0. The summed E-state index contributed by atoms with van der Waals surface area (Å²) in [4.78, 5) is 26.5. The van der Waals surface area contributed by atoms with Crippen molar-refractivity contribution in [3.63, 3.8) is 0 Å². The van der Waals surface area contributed by atoms with E-state index in [0.717, 1.165) is 51.9 Å². The van der Waals surface area contributed by atoms with Crippen LogP contribution in [0.15, 0.2) is 0 Å². The second-order valence-electron chi connectivity index (χ2n) is 23.7. The molecular formula is C68H136CaN2O4. The number of aliphatic carboxylic acids is 2. The van der Waals surface area contributed by atoms with Gasteiger partial charge in [0.25, 0.3) is 0 Å². The van der Waals surface area contributed by atoms with E-state index < -0.39 is 11.9 Å². The van der Waals surface area contributed by atoms with Crippen LogP contribution in [0.4, 0.5) is 0 Å². The van der Waals surface area contributed by atoms with Gasteiger partial charge in [0, 0.05) is 13.1 Å². The third kappa shape index (κ3) is 74.1. The number of rotatable bonds is 64. The summed E-state index contributed by atoms with van der Waals surface area (Å²) >= 11 is 0. The average Bonchev–Trinajstić information content (AvgIpc) is 3.38. The van der Waals surface area contributed by atoms with Gasteiger partial charge >= 0.3 is 37.7 Å². The van der Waals surface area contributed by atoms with E-state index in [1.54, 1.807) is 0 Å². The van der Waals surface area contributed by atoms with Crippen LogP contribution in [0.3, 0.4) is 0 Å². The van der Waals surface area contributed by atoms with E-state index in [1.165, 1.54) is 334 Å². The molecule has 7 heteroatoms. The van der Waals surface area contributed by atoms with Gasteiger partial charge in [-0.25, -0.2) is 0 Å². The van der Waals surface area contributed by atoms with Gasteiger partial charge in [-0.2, -0.15) is 0 Å². The molecule has 0 saturated carbocycles. The molecule has 0 atom stereocenters. The summed E-state index contributed by atoms with van der Waals surface area (Å²) in [5.74, 6) is -1.84. The van der Waals surface area contributed by atoms with E-state index >= 15 is 0 Å². The first-order valence-electron chi connectivity index (χ1n) is 34.2. The number of nitrogens with zero attached hydrogens (tertiary/aromatic N) is 2. The van der Waals surface area contributed by atoms with Crippen molar-refractivity contribution in [2.45, 2.75) is 387 Å². The van der Waals surface area contributed by atoms with Gasteiger partial charge in [-0.1, -0.05) is 362 Å². The summed E-state index contributed by atoms with van der Waals surface area (Å²) in [5, 5.41) is 22.3.